The quantitative estimate of drug-likeness (QED) is 0.431. The lowest BCUT2D eigenvalue weighted by Gasteiger charge is -2.20. The first-order valence-corrected chi connectivity index (χ1v) is 12.1. The lowest BCUT2D eigenvalue weighted by molar-refractivity contribution is -0.140. The van der Waals surface area contributed by atoms with Crippen LogP contribution < -0.4 is 4.72 Å². The van der Waals surface area contributed by atoms with E-state index in [0.29, 0.717) is 17.4 Å². The Bertz CT molecular complexity index is 1220. The van der Waals surface area contributed by atoms with Gasteiger partial charge in [-0.1, -0.05) is 26.8 Å². The van der Waals surface area contributed by atoms with Crippen LogP contribution in [0.4, 0.5) is 17.6 Å². The van der Waals surface area contributed by atoms with Crippen molar-refractivity contribution in [1.29, 1.82) is 0 Å². The number of fused-ring (bicyclic) bond motifs is 1. The van der Waals surface area contributed by atoms with Gasteiger partial charge in [0.1, 0.15) is 5.82 Å². The third kappa shape index (κ3) is 5.30. The molecule has 0 radical (unpaired) electrons. The minimum atomic E-state index is -4.71. The largest absolute Gasteiger partial charge is 0.433 e. The zero-order chi connectivity index (χ0) is 24.1. The van der Waals surface area contributed by atoms with E-state index in [4.69, 9.17) is 0 Å². The molecule has 0 bridgehead atoms. The second-order valence-corrected chi connectivity index (χ2v) is 11.4. The first kappa shape index (κ1) is 23.9. The van der Waals surface area contributed by atoms with Crippen LogP contribution in [0.25, 0.3) is 22.0 Å². The van der Waals surface area contributed by atoms with Gasteiger partial charge in [0.15, 0.2) is 5.69 Å². The molecule has 4 nitrogen and oxygen atoms in total. The highest BCUT2D eigenvalue weighted by Gasteiger charge is 2.36. The van der Waals surface area contributed by atoms with Crippen LogP contribution in [0.2, 0.25) is 0 Å². The molecule has 1 aliphatic rings. The third-order valence-corrected chi connectivity index (χ3v) is 7.03. The van der Waals surface area contributed by atoms with Gasteiger partial charge in [-0.25, -0.2) is 18.3 Å². The minimum Gasteiger partial charge on any atom is -0.347 e. The van der Waals surface area contributed by atoms with Crippen LogP contribution in [0.1, 0.15) is 50.6 Å². The van der Waals surface area contributed by atoms with Gasteiger partial charge in [0.25, 0.3) is 0 Å². The maximum absolute atomic E-state index is 15.3. The fourth-order valence-electron chi connectivity index (χ4n) is 3.91. The topological polar surface area (TPSA) is 46.9 Å². The average molecular weight is 482 g/mol. The van der Waals surface area contributed by atoms with E-state index >= 15 is 4.39 Å². The summed E-state index contributed by atoms with van der Waals surface area (Å²) in [7, 11) is -1.15. The van der Waals surface area contributed by atoms with Crippen LogP contribution in [0, 0.1) is 18.2 Å². The van der Waals surface area contributed by atoms with Crippen LogP contribution >= 0.6 is 0 Å². The molecule has 0 amide bonds. The number of pyridine rings is 1. The number of halogens is 4. The molecule has 1 fully saturated rings. The predicted molar refractivity (Wildman–Crippen MR) is 122 cm³/mol. The number of hydrogen-bond donors (Lipinski definition) is 1. The SMILES string of the molecule is Cc1ccc(-c2cc3c(cc2F)c(CNS(=O)C2CC2)cn3CC(C)(C)C)c(C(F)(F)F)n1. The van der Waals surface area contributed by atoms with Crippen molar-refractivity contribution in [3.63, 3.8) is 0 Å². The maximum atomic E-state index is 15.3. The first-order valence-electron chi connectivity index (χ1n) is 10.8. The van der Waals surface area contributed by atoms with E-state index < -0.39 is 28.7 Å². The van der Waals surface area contributed by atoms with E-state index in [0.717, 1.165) is 18.4 Å². The van der Waals surface area contributed by atoms with Crippen molar-refractivity contribution in [3.05, 3.63) is 53.2 Å². The van der Waals surface area contributed by atoms with Gasteiger partial charge in [0.05, 0.1) is 11.0 Å². The Kier molecular flexibility index (Phi) is 6.16. The number of alkyl halides is 3. The van der Waals surface area contributed by atoms with Gasteiger partial charge in [-0.15, -0.1) is 0 Å². The van der Waals surface area contributed by atoms with Crippen molar-refractivity contribution in [1.82, 2.24) is 14.3 Å². The van der Waals surface area contributed by atoms with E-state index in [2.05, 4.69) is 30.5 Å². The zero-order valence-electron chi connectivity index (χ0n) is 19.0. The van der Waals surface area contributed by atoms with Crippen molar-refractivity contribution in [3.8, 4) is 11.1 Å². The number of hydrogen-bond acceptors (Lipinski definition) is 2. The summed E-state index contributed by atoms with van der Waals surface area (Å²) in [5.74, 6) is -0.753. The summed E-state index contributed by atoms with van der Waals surface area (Å²) in [4.78, 5) is 3.66. The van der Waals surface area contributed by atoms with Gasteiger partial charge < -0.3 is 4.57 Å². The van der Waals surface area contributed by atoms with Crippen LogP contribution in [0.5, 0.6) is 0 Å². The van der Waals surface area contributed by atoms with Gasteiger partial charge in [-0.3, -0.25) is 0 Å². The molecule has 1 aromatic carbocycles. The highest BCUT2D eigenvalue weighted by molar-refractivity contribution is 7.83. The van der Waals surface area contributed by atoms with Crippen LogP contribution in [-0.4, -0.2) is 19.0 Å². The summed E-state index contributed by atoms with van der Waals surface area (Å²) in [6, 6.07) is 5.47. The lowest BCUT2D eigenvalue weighted by Crippen LogP contribution is -2.19. The number of nitrogens with one attached hydrogen (secondary N) is 1. The predicted octanol–water partition coefficient (Wildman–Crippen LogP) is 6.13. The maximum Gasteiger partial charge on any atom is 0.433 e. The molecule has 178 valence electrons. The number of aryl methyl sites for hydroxylation is 1. The molecule has 0 aliphatic heterocycles. The summed E-state index contributed by atoms with van der Waals surface area (Å²) >= 11 is 0. The van der Waals surface area contributed by atoms with E-state index in [1.54, 1.807) is 0 Å². The van der Waals surface area contributed by atoms with Crippen molar-refractivity contribution in [2.24, 2.45) is 5.41 Å². The van der Waals surface area contributed by atoms with Gasteiger partial charge in [0, 0.05) is 52.3 Å². The summed E-state index contributed by atoms with van der Waals surface area (Å²) in [6.07, 6.45) is -0.989. The zero-order valence-corrected chi connectivity index (χ0v) is 19.8. The van der Waals surface area contributed by atoms with Crippen molar-refractivity contribution < 1.29 is 21.8 Å². The number of rotatable bonds is 6. The lowest BCUT2D eigenvalue weighted by atomic mass is 9.96. The Morgan fingerprint density at radius 2 is 1.85 bits per heavy atom. The van der Waals surface area contributed by atoms with Crippen LogP contribution in [0.15, 0.2) is 30.5 Å². The fourth-order valence-corrected chi connectivity index (χ4v) is 5.01. The monoisotopic (exact) mass is 481 g/mol. The highest BCUT2D eigenvalue weighted by Crippen LogP contribution is 2.39. The smallest absolute Gasteiger partial charge is 0.347 e. The molecule has 1 atom stereocenters. The summed E-state index contributed by atoms with van der Waals surface area (Å²) < 4.78 is 73.5. The van der Waals surface area contributed by atoms with E-state index in [9.17, 15) is 17.4 Å². The molecule has 1 saturated carbocycles. The molecule has 0 saturated heterocycles. The van der Waals surface area contributed by atoms with E-state index in [-0.39, 0.29) is 34.0 Å². The molecule has 33 heavy (non-hydrogen) atoms. The molecule has 4 rings (SSSR count). The fraction of sp³-hybridized carbons (Fsp3) is 0.458. The second kappa shape index (κ2) is 8.51. The van der Waals surface area contributed by atoms with Gasteiger partial charge in [-0.05, 0) is 48.9 Å². The normalized spacial score (nSPS) is 15.9. The second-order valence-electron chi connectivity index (χ2n) is 9.86. The van der Waals surface area contributed by atoms with E-state index in [1.807, 2.05) is 10.8 Å². The number of aromatic nitrogens is 2. The molecule has 1 unspecified atom stereocenters. The summed E-state index contributed by atoms with van der Waals surface area (Å²) in [5.41, 5.74) is -0.0556. The van der Waals surface area contributed by atoms with Gasteiger partial charge in [0.2, 0.25) is 0 Å². The Morgan fingerprint density at radius 3 is 2.45 bits per heavy atom. The molecular weight excluding hydrogens is 454 g/mol. The molecule has 1 aliphatic carbocycles. The minimum absolute atomic E-state index is 0.120. The van der Waals surface area contributed by atoms with Gasteiger partial charge in [-0.2, -0.15) is 13.2 Å². The number of benzene rings is 1. The van der Waals surface area contributed by atoms with Gasteiger partial charge >= 0.3 is 6.18 Å². The molecule has 2 aromatic heterocycles. The Hall–Kier alpha value is -2.26. The molecular formula is C24H27F4N3OS. The Morgan fingerprint density at radius 1 is 1.15 bits per heavy atom. The standard InChI is InChI=1S/C24H27F4N3OS/c1-14-5-8-17(22(30-14)24(26,27)28)19-10-21-18(9-20(19)25)15(11-29-33(32)16-6-7-16)12-31(21)13-23(2,3)4/h5,8-10,12,16,29H,6-7,11,13H2,1-4H3. The Labute approximate surface area is 193 Å². The molecule has 9 heteroatoms. The highest BCUT2D eigenvalue weighted by atomic mass is 32.2. The average Bonchev–Trinajstić information content (AvgIpc) is 3.49. The van der Waals surface area contributed by atoms with Crippen LogP contribution in [0.3, 0.4) is 0 Å². The molecule has 3 aromatic rings. The molecule has 0 spiro atoms. The first-order chi connectivity index (χ1) is 15.3. The number of nitrogens with zero attached hydrogens (tertiary/aromatic N) is 2. The molecule has 1 N–H and O–H groups in total. The third-order valence-electron chi connectivity index (χ3n) is 5.52. The van der Waals surface area contributed by atoms with Crippen molar-refractivity contribution in [2.75, 3.05) is 0 Å². The van der Waals surface area contributed by atoms with Crippen molar-refractivity contribution >= 4 is 21.9 Å². The summed E-state index contributed by atoms with van der Waals surface area (Å²) in [5, 5.41) is 0.750. The molecule has 2 heterocycles. The Balaban J connectivity index is 1.84. The van der Waals surface area contributed by atoms with Crippen LogP contribution in [-0.2, 0) is 30.3 Å². The summed E-state index contributed by atoms with van der Waals surface area (Å²) in [6.45, 7) is 8.49. The van der Waals surface area contributed by atoms with Crippen molar-refractivity contribution in [2.45, 2.75) is 65.1 Å². The van der Waals surface area contributed by atoms with E-state index in [1.165, 1.54) is 31.2 Å².